The van der Waals surface area contributed by atoms with Crippen molar-refractivity contribution in [3.8, 4) is 0 Å². The summed E-state index contributed by atoms with van der Waals surface area (Å²) >= 11 is 0. The molecule has 3 heteroatoms. The van der Waals surface area contributed by atoms with Crippen molar-refractivity contribution in [1.29, 1.82) is 0 Å². The van der Waals surface area contributed by atoms with E-state index in [2.05, 4.69) is 0 Å². The second kappa shape index (κ2) is 5.94. The predicted molar refractivity (Wildman–Crippen MR) is 62.8 cm³/mol. The summed E-state index contributed by atoms with van der Waals surface area (Å²) in [7, 11) is 0. The second-order valence-electron chi connectivity index (χ2n) is 4.31. The third-order valence-corrected chi connectivity index (χ3v) is 2.46. The van der Waals surface area contributed by atoms with Crippen molar-refractivity contribution in [2.24, 2.45) is 5.73 Å². The third-order valence-electron chi connectivity index (χ3n) is 2.46. The summed E-state index contributed by atoms with van der Waals surface area (Å²) in [4.78, 5) is 0. The van der Waals surface area contributed by atoms with Gasteiger partial charge in [0.25, 0.3) is 0 Å². The molecule has 2 N–H and O–H groups in total. The smallest absolute Gasteiger partial charge is 0.249 e. The zero-order valence-electron chi connectivity index (χ0n) is 9.68. The number of unbranched alkanes of at least 4 members (excludes halogenated alkanes) is 1. The van der Waals surface area contributed by atoms with E-state index >= 15 is 0 Å². The van der Waals surface area contributed by atoms with Crippen molar-refractivity contribution >= 4 is 0 Å². The summed E-state index contributed by atoms with van der Waals surface area (Å²) in [5, 5.41) is 0. The Morgan fingerprint density at radius 3 is 2.12 bits per heavy atom. The van der Waals surface area contributed by atoms with Gasteiger partial charge in [0.05, 0.1) is 0 Å². The number of rotatable bonds is 6. The predicted octanol–water partition coefficient (Wildman–Crippen LogP) is 3.17. The Hall–Kier alpha value is -0.960. The maximum Gasteiger partial charge on any atom is 0.249 e. The van der Waals surface area contributed by atoms with Crippen LogP contribution >= 0.6 is 0 Å². The summed E-state index contributed by atoms with van der Waals surface area (Å²) in [6.07, 6.45) is 2.85. The fourth-order valence-corrected chi connectivity index (χ4v) is 1.66. The number of hydrogen-bond donors (Lipinski definition) is 1. The number of alkyl halides is 2. The standard InChI is InChI=1S/C13H19F2N/c1-13(14,15)10-12-7-5-11(6-8-12)4-2-3-9-16/h5-8H,2-4,9-10,16H2,1H3. The molecule has 1 aromatic carbocycles. The molecule has 0 saturated carbocycles. The van der Waals surface area contributed by atoms with Crippen LogP contribution in [0.3, 0.4) is 0 Å². The molecule has 16 heavy (non-hydrogen) atoms. The SMILES string of the molecule is CC(F)(F)Cc1ccc(CCCCN)cc1. The van der Waals surface area contributed by atoms with Crippen molar-refractivity contribution in [3.05, 3.63) is 35.4 Å². The Morgan fingerprint density at radius 2 is 1.62 bits per heavy atom. The maximum atomic E-state index is 12.7. The van der Waals surface area contributed by atoms with Gasteiger partial charge in [0.1, 0.15) is 0 Å². The number of aryl methyl sites for hydroxylation is 1. The summed E-state index contributed by atoms with van der Waals surface area (Å²) < 4.78 is 25.5. The first kappa shape index (κ1) is 13.1. The van der Waals surface area contributed by atoms with E-state index in [4.69, 9.17) is 5.73 Å². The highest BCUT2D eigenvalue weighted by Gasteiger charge is 2.21. The lowest BCUT2D eigenvalue weighted by Gasteiger charge is -2.10. The fourth-order valence-electron chi connectivity index (χ4n) is 1.66. The van der Waals surface area contributed by atoms with Gasteiger partial charge in [-0.3, -0.25) is 0 Å². The molecule has 1 aromatic rings. The van der Waals surface area contributed by atoms with Gasteiger partial charge < -0.3 is 5.73 Å². The highest BCUT2D eigenvalue weighted by Crippen LogP contribution is 2.19. The van der Waals surface area contributed by atoms with Crippen LogP contribution in [0, 0.1) is 0 Å². The van der Waals surface area contributed by atoms with Gasteiger partial charge in [-0.15, -0.1) is 0 Å². The summed E-state index contributed by atoms with van der Waals surface area (Å²) in [5.41, 5.74) is 7.28. The molecule has 0 heterocycles. The van der Waals surface area contributed by atoms with E-state index in [0.29, 0.717) is 12.1 Å². The van der Waals surface area contributed by atoms with Crippen molar-refractivity contribution in [1.82, 2.24) is 0 Å². The Kier molecular flexibility index (Phi) is 4.87. The molecule has 0 saturated heterocycles. The Morgan fingerprint density at radius 1 is 1.06 bits per heavy atom. The molecule has 1 nitrogen and oxygen atoms in total. The maximum absolute atomic E-state index is 12.7. The van der Waals surface area contributed by atoms with Crippen LogP contribution < -0.4 is 5.73 Å². The second-order valence-corrected chi connectivity index (χ2v) is 4.31. The largest absolute Gasteiger partial charge is 0.330 e. The molecule has 0 spiro atoms. The molecule has 0 fully saturated rings. The first-order valence-corrected chi connectivity index (χ1v) is 5.67. The molecule has 90 valence electrons. The topological polar surface area (TPSA) is 26.0 Å². The average Bonchev–Trinajstić information content (AvgIpc) is 2.19. The minimum atomic E-state index is -2.62. The van der Waals surface area contributed by atoms with Gasteiger partial charge in [-0.1, -0.05) is 24.3 Å². The van der Waals surface area contributed by atoms with Crippen LogP contribution in [0.1, 0.15) is 30.9 Å². The van der Waals surface area contributed by atoms with Crippen molar-refractivity contribution in [3.63, 3.8) is 0 Å². The molecular weight excluding hydrogens is 208 g/mol. The monoisotopic (exact) mass is 227 g/mol. The van der Waals surface area contributed by atoms with Crippen LogP contribution in [0.4, 0.5) is 8.78 Å². The zero-order chi connectivity index (χ0) is 12.0. The van der Waals surface area contributed by atoms with Crippen LogP contribution in [0.15, 0.2) is 24.3 Å². The Labute approximate surface area is 95.7 Å². The van der Waals surface area contributed by atoms with E-state index in [1.807, 2.05) is 12.1 Å². The van der Waals surface area contributed by atoms with E-state index in [-0.39, 0.29) is 6.42 Å². The lowest BCUT2D eigenvalue weighted by atomic mass is 10.0. The van der Waals surface area contributed by atoms with E-state index in [1.165, 1.54) is 5.56 Å². The van der Waals surface area contributed by atoms with Gasteiger partial charge in [-0.25, -0.2) is 8.78 Å². The lowest BCUT2D eigenvalue weighted by molar-refractivity contribution is 0.0226. The van der Waals surface area contributed by atoms with E-state index < -0.39 is 5.92 Å². The average molecular weight is 227 g/mol. The molecule has 1 rings (SSSR count). The molecule has 0 radical (unpaired) electrons. The minimum absolute atomic E-state index is 0.184. The van der Waals surface area contributed by atoms with Gasteiger partial charge in [0.15, 0.2) is 0 Å². The van der Waals surface area contributed by atoms with Crippen LogP contribution in [0.2, 0.25) is 0 Å². The highest BCUT2D eigenvalue weighted by atomic mass is 19.3. The molecular formula is C13H19F2N. The Balaban J connectivity index is 2.48. The Bertz CT molecular complexity index is 301. The third kappa shape index (κ3) is 5.21. The van der Waals surface area contributed by atoms with Crippen molar-refractivity contribution in [2.75, 3.05) is 6.54 Å². The molecule has 0 aliphatic carbocycles. The van der Waals surface area contributed by atoms with Crippen LogP contribution in [-0.2, 0) is 12.8 Å². The molecule has 0 unspecified atom stereocenters. The quantitative estimate of drug-likeness (QED) is 0.742. The molecule has 0 bridgehead atoms. The summed E-state index contributed by atoms with van der Waals surface area (Å²) in [5.74, 6) is -2.62. The van der Waals surface area contributed by atoms with Gasteiger partial charge in [0.2, 0.25) is 5.92 Å². The van der Waals surface area contributed by atoms with Gasteiger partial charge in [-0.05, 0) is 43.9 Å². The van der Waals surface area contributed by atoms with Crippen molar-refractivity contribution < 1.29 is 8.78 Å². The van der Waals surface area contributed by atoms with E-state index in [9.17, 15) is 8.78 Å². The first-order valence-electron chi connectivity index (χ1n) is 5.67. The molecule has 0 amide bonds. The number of benzene rings is 1. The first-order chi connectivity index (χ1) is 7.51. The lowest BCUT2D eigenvalue weighted by Crippen LogP contribution is -2.13. The summed E-state index contributed by atoms with van der Waals surface area (Å²) in [6.45, 7) is 1.66. The van der Waals surface area contributed by atoms with Gasteiger partial charge in [-0.2, -0.15) is 0 Å². The van der Waals surface area contributed by atoms with Gasteiger partial charge in [0, 0.05) is 6.42 Å². The number of hydrogen-bond acceptors (Lipinski definition) is 1. The van der Waals surface area contributed by atoms with Gasteiger partial charge >= 0.3 is 0 Å². The highest BCUT2D eigenvalue weighted by molar-refractivity contribution is 5.23. The molecule has 0 atom stereocenters. The fraction of sp³-hybridized carbons (Fsp3) is 0.538. The molecule has 0 aliphatic heterocycles. The molecule has 0 aromatic heterocycles. The minimum Gasteiger partial charge on any atom is -0.330 e. The van der Waals surface area contributed by atoms with Crippen LogP contribution in [0.25, 0.3) is 0 Å². The summed E-state index contributed by atoms with van der Waals surface area (Å²) in [6, 6.07) is 7.43. The van der Waals surface area contributed by atoms with Crippen LogP contribution in [-0.4, -0.2) is 12.5 Å². The zero-order valence-corrected chi connectivity index (χ0v) is 9.68. The van der Waals surface area contributed by atoms with Crippen LogP contribution in [0.5, 0.6) is 0 Å². The van der Waals surface area contributed by atoms with E-state index in [0.717, 1.165) is 26.2 Å². The van der Waals surface area contributed by atoms with E-state index in [1.54, 1.807) is 12.1 Å². The number of halogens is 2. The van der Waals surface area contributed by atoms with Crippen molar-refractivity contribution in [2.45, 2.75) is 38.5 Å². The molecule has 0 aliphatic rings. The number of nitrogens with two attached hydrogens (primary N) is 1. The normalized spacial score (nSPS) is 11.8.